The molecule has 1 aliphatic heterocycles. The Morgan fingerprint density at radius 3 is 2.92 bits per heavy atom. The van der Waals surface area contributed by atoms with Crippen LogP contribution in [0, 0.1) is 0 Å². The lowest BCUT2D eigenvalue weighted by atomic mass is 10.2. The predicted molar refractivity (Wildman–Crippen MR) is 103 cm³/mol. The maximum atomic E-state index is 12.1. The molecule has 134 valence electrons. The van der Waals surface area contributed by atoms with Gasteiger partial charge in [0.2, 0.25) is 0 Å². The van der Waals surface area contributed by atoms with Gasteiger partial charge in [0, 0.05) is 13.2 Å². The Labute approximate surface area is 156 Å². The minimum atomic E-state index is -0.139. The van der Waals surface area contributed by atoms with Crippen LogP contribution < -0.4 is 10.1 Å². The Morgan fingerprint density at radius 1 is 1.23 bits per heavy atom. The molecule has 5 nitrogen and oxygen atoms in total. The molecule has 1 saturated heterocycles. The van der Waals surface area contributed by atoms with Crippen LogP contribution in [-0.4, -0.2) is 36.8 Å². The number of para-hydroxylation sites is 2. The molecule has 1 N–H and O–H groups in total. The summed E-state index contributed by atoms with van der Waals surface area (Å²) in [4.78, 5) is 16.7. The minimum Gasteiger partial charge on any atom is -0.483 e. The number of hydrogen-bond donors (Lipinski definition) is 1. The Balaban J connectivity index is 1.43. The fraction of sp³-hybridized carbons (Fsp3) is 0.300. The summed E-state index contributed by atoms with van der Waals surface area (Å²) >= 11 is 1.62. The van der Waals surface area contributed by atoms with Crippen LogP contribution in [-0.2, 0) is 9.53 Å². The van der Waals surface area contributed by atoms with E-state index >= 15 is 0 Å². The lowest BCUT2D eigenvalue weighted by Crippen LogP contribution is -2.35. The molecule has 1 atom stereocenters. The predicted octanol–water partition coefficient (Wildman–Crippen LogP) is 3.64. The van der Waals surface area contributed by atoms with Crippen LogP contribution in [0.2, 0.25) is 0 Å². The largest absolute Gasteiger partial charge is 0.483 e. The molecule has 0 saturated carbocycles. The van der Waals surface area contributed by atoms with Crippen LogP contribution in [0.4, 0.5) is 0 Å². The van der Waals surface area contributed by atoms with E-state index in [-0.39, 0.29) is 18.6 Å². The van der Waals surface area contributed by atoms with E-state index in [1.807, 2.05) is 42.5 Å². The molecule has 1 amide bonds. The van der Waals surface area contributed by atoms with Crippen molar-refractivity contribution in [2.24, 2.45) is 0 Å². The molecule has 2 heterocycles. The van der Waals surface area contributed by atoms with Crippen molar-refractivity contribution in [1.29, 1.82) is 0 Å². The standard InChI is InChI=1S/C20H20N2O3S/c23-19(21-12-14-6-5-11-24-14)13-25-17-9-3-1-7-15(17)20-22-16-8-2-4-10-18(16)26-20/h1-4,7-10,14H,5-6,11-13H2,(H,21,23)/t14-/m0/s1. The maximum absolute atomic E-state index is 12.1. The molecule has 3 aromatic rings. The van der Waals surface area contributed by atoms with Crippen LogP contribution >= 0.6 is 11.3 Å². The van der Waals surface area contributed by atoms with Crippen molar-refractivity contribution >= 4 is 27.5 Å². The number of carbonyl (C=O) groups excluding carboxylic acids is 1. The molecule has 0 aliphatic carbocycles. The summed E-state index contributed by atoms with van der Waals surface area (Å²) in [7, 11) is 0. The Hall–Kier alpha value is -2.44. The third-order valence-corrected chi connectivity index (χ3v) is 5.39. The van der Waals surface area contributed by atoms with Crippen molar-refractivity contribution < 1.29 is 14.3 Å². The first-order valence-electron chi connectivity index (χ1n) is 8.76. The Morgan fingerprint density at radius 2 is 2.08 bits per heavy atom. The second-order valence-electron chi connectivity index (χ2n) is 6.21. The number of fused-ring (bicyclic) bond motifs is 1. The van der Waals surface area contributed by atoms with Gasteiger partial charge in [0.25, 0.3) is 5.91 Å². The molecule has 6 heteroatoms. The first-order chi connectivity index (χ1) is 12.8. The van der Waals surface area contributed by atoms with E-state index in [4.69, 9.17) is 9.47 Å². The van der Waals surface area contributed by atoms with Crippen molar-refractivity contribution in [3.63, 3.8) is 0 Å². The number of amides is 1. The number of thiazole rings is 1. The fourth-order valence-electron chi connectivity index (χ4n) is 2.98. The third kappa shape index (κ3) is 3.86. The van der Waals surface area contributed by atoms with E-state index in [0.717, 1.165) is 40.2 Å². The molecule has 4 rings (SSSR count). The third-order valence-electron chi connectivity index (χ3n) is 4.32. The van der Waals surface area contributed by atoms with Gasteiger partial charge in [-0.2, -0.15) is 0 Å². The highest BCUT2D eigenvalue weighted by atomic mass is 32.1. The van der Waals surface area contributed by atoms with Gasteiger partial charge in [-0.25, -0.2) is 4.98 Å². The molecule has 1 fully saturated rings. The molecule has 0 spiro atoms. The number of ether oxygens (including phenoxy) is 2. The average molecular weight is 368 g/mol. The zero-order valence-electron chi connectivity index (χ0n) is 14.3. The van der Waals surface area contributed by atoms with Crippen molar-refractivity contribution in [3.8, 4) is 16.3 Å². The summed E-state index contributed by atoms with van der Waals surface area (Å²) in [5.74, 6) is 0.526. The summed E-state index contributed by atoms with van der Waals surface area (Å²) in [5.41, 5.74) is 1.87. The zero-order chi connectivity index (χ0) is 17.8. The van der Waals surface area contributed by atoms with E-state index in [1.54, 1.807) is 11.3 Å². The SMILES string of the molecule is O=C(COc1ccccc1-c1nc2ccccc2s1)NC[C@@H]1CCCO1. The fourth-order valence-corrected chi connectivity index (χ4v) is 3.98. The van der Waals surface area contributed by atoms with Gasteiger partial charge in [-0.3, -0.25) is 4.79 Å². The minimum absolute atomic E-state index is 0.0192. The molecular formula is C20H20N2O3S. The van der Waals surface area contributed by atoms with Gasteiger partial charge in [-0.15, -0.1) is 11.3 Å². The molecular weight excluding hydrogens is 348 g/mol. The normalized spacial score (nSPS) is 16.7. The van der Waals surface area contributed by atoms with Crippen molar-refractivity contribution in [1.82, 2.24) is 10.3 Å². The number of nitrogens with one attached hydrogen (secondary N) is 1. The first-order valence-corrected chi connectivity index (χ1v) is 9.57. The highest BCUT2D eigenvalue weighted by molar-refractivity contribution is 7.21. The lowest BCUT2D eigenvalue weighted by Gasteiger charge is -2.12. The van der Waals surface area contributed by atoms with Crippen molar-refractivity contribution in [3.05, 3.63) is 48.5 Å². The Bertz CT molecular complexity index is 870. The van der Waals surface area contributed by atoms with Crippen LogP contribution in [0.1, 0.15) is 12.8 Å². The van der Waals surface area contributed by atoms with E-state index < -0.39 is 0 Å². The summed E-state index contributed by atoms with van der Waals surface area (Å²) in [6.45, 7) is 1.31. The maximum Gasteiger partial charge on any atom is 0.258 e. The number of nitrogens with zero attached hydrogens (tertiary/aromatic N) is 1. The highest BCUT2D eigenvalue weighted by Crippen LogP contribution is 2.35. The summed E-state index contributed by atoms with van der Waals surface area (Å²) < 4.78 is 12.4. The van der Waals surface area contributed by atoms with Gasteiger partial charge in [-0.1, -0.05) is 24.3 Å². The molecule has 0 radical (unpaired) electrons. The van der Waals surface area contributed by atoms with E-state index in [2.05, 4.69) is 16.4 Å². The number of hydrogen-bond acceptors (Lipinski definition) is 5. The quantitative estimate of drug-likeness (QED) is 0.722. The molecule has 1 aromatic heterocycles. The number of aromatic nitrogens is 1. The molecule has 2 aromatic carbocycles. The van der Waals surface area contributed by atoms with Gasteiger partial charge in [0.05, 0.1) is 21.9 Å². The zero-order valence-corrected chi connectivity index (χ0v) is 15.1. The van der Waals surface area contributed by atoms with Gasteiger partial charge < -0.3 is 14.8 Å². The molecule has 1 aliphatic rings. The average Bonchev–Trinajstić information content (AvgIpc) is 3.34. The summed E-state index contributed by atoms with van der Waals surface area (Å²) in [6.07, 6.45) is 2.20. The summed E-state index contributed by atoms with van der Waals surface area (Å²) in [6, 6.07) is 15.7. The van der Waals surface area contributed by atoms with Crippen LogP contribution in [0.15, 0.2) is 48.5 Å². The van der Waals surface area contributed by atoms with Crippen LogP contribution in [0.25, 0.3) is 20.8 Å². The monoisotopic (exact) mass is 368 g/mol. The van der Waals surface area contributed by atoms with Crippen molar-refractivity contribution in [2.45, 2.75) is 18.9 Å². The van der Waals surface area contributed by atoms with E-state index in [1.165, 1.54) is 0 Å². The topological polar surface area (TPSA) is 60.5 Å². The van der Waals surface area contributed by atoms with Gasteiger partial charge in [0.15, 0.2) is 6.61 Å². The molecule has 0 bridgehead atoms. The Kier molecular flexibility index (Phi) is 5.13. The number of rotatable bonds is 6. The van der Waals surface area contributed by atoms with Gasteiger partial charge in [-0.05, 0) is 37.1 Å². The lowest BCUT2D eigenvalue weighted by molar-refractivity contribution is -0.123. The van der Waals surface area contributed by atoms with Crippen LogP contribution in [0.5, 0.6) is 5.75 Å². The molecule has 26 heavy (non-hydrogen) atoms. The first kappa shape index (κ1) is 17.0. The number of carbonyl (C=O) groups is 1. The van der Waals surface area contributed by atoms with Crippen molar-refractivity contribution in [2.75, 3.05) is 19.8 Å². The van der Waals surface area contributed by atoms with Gasteiger partial charge >= 0.3 is 0 Å². The number of benzene rings is 2. The van der Waals surface area contributed by atoms with Gasteiger partial charge in [0.1, 0.15) is 10.8 Å². The highest BCUT2D eigenvalue weighted by Gasteiger charge is 2.17. The summed E-state index contributed by atoms with van der Waals surface area (Å²) in [5, 5.41) is 3.76. The van der Waals surface area contributed by atoms with Crippen LogP contribution in [0.3, 0.4) is 0 Å². The van der Waals surface area contributed by atoms with E-state index in [9.17, 15) is 4.79 Å². The second-order valence-corrected chi connectivity index (χ2v) is 7.24. The second kappa shape index (κ2) is 7.85. The smallest absolute Gasteiger partial charge is 0.258 e. The van der Waals surface area contributed by atoms with E-state index in [0.29, 0.717) is 12.3 Å². The molecule has 0 unspecified atom stereocenters.